The molecular weight excluding hydrogens is 905 g/mol. The maximum atomic E-state index is 12.4. The van der Waals surface area contributed by atoms with Crippen molar-refractivity contribution in [2.75, 3.05) is 5.32 Å². The molecule has 7 atom stereocenters. The lowest BCUT2D eigenvalue weighted by Gasteiger charge is -2.38. The Labute approximate surface area is 407 Å². The van der Waals surface area contributed by atoms with E-state index < -0.39 is 45.3 Å². The summed E-state index contributed by atoms with van der Waals surface area (Å²) in [5.74, 6) is -1.74. The summed E-state index contributed by atoms with van der Waals surface area (Å²) in [4.78, 5) is 69.6. The first-order valence-electron chi connectivity index (χ1n) is 23.1. The zero-order valence-corrected chi connectivity index (χ0v) is 39.9. The van der Waals surface area contributed by atoms with Crippen molar-refractivity contribution in [1.82, 2.24) is 16.0 Å². The molecule has 4 aromatic rings. The van der Waals surface area contributed by atoms with Crippen LogP contribution in [-0.2, 0) is 50.9 Å². The molecule has 4 amide bonds. The van der Waals surface area contributed by atoms with Gasteiger partial charge in [0.15, 0.2) is 0 Å². The Morgan fingerprint density at radius 3 is 1.68 bits per heavy atom. The third-order valence-corrected chi connectivity index (χ3v) is 12.2. The summed E-state index contributed by atoms with van der Waals surface area (Å²) in [6.45, 7) is 4.67. The van der Waals surface area contributed by atoms with Crippen molar-refractivity contribution in [2.24, 2.45) is 0 Å². The zero-order valence-electron chi connectivity index (χ0n) is 39.1. The summed E-state index contributed by atoms with van der Waals surface area (Å²) < 4.78 is 21.4. The molecule has 1 aromatic heterocycles. The van der Waals surface area contributed by atoms with E-state index in [9.17, 15) is 43.8 Å². The minimum Gasteiger partial charge on any atom is -0.445 e. The lowest BCUT2D eigenvalue weighted by atomic mass is 9.64. The number of rotatable bonds is 15. The fourth-order valence-electron chi connectivity index (χ4n) is 8.19. The van der Waals surface area contributed by atoms with Gasteiger partial charge < -0.3 is 55.0 Å². The highest BCUT2D eigenvalue weighted by molar-refractivity contribution is 7.08. The molecule has 3 fully saturated rings. The fourth-order valence-corrected chi connectivity index (χ4v) is 8.86. The number of carbonyl (C=O) groups is 6. The first kappa shape index (κ1) is 54.3. The smallest absolute Gasteiger partial charge is 0.445 e. The van der Waals surface area contributed by atoms with Crippen LogP contribution in [0, 0.1) is 0 Å². The highest BCUT2D eigenvalue weighted by Crippen LogP contribution is 2.33. The van der Waals surface area contributed by atoms with Crippen LogP contribution < -0.4 is 21.3 Å². The van der Waals surface area contributed by atoms with Crippen LogP contribution >= 0.6 is 11.3 Å². The molecule has 0 aliphatic carbocycles. The monoisotopic (exact) mass is 966 g/mol. The Kier molecular flexibility index (Phi) is 22.1. The molecule has 3 aromatic carbocycles. The molecule has 3 aliphatic rings. The van der Waals surface area contributed by atoms with Gasteiger partial charge in [-0.25, -0.2) is 9.59 Å². The van der Waals surface area contributed by atoms with Crippen LogP contribution in [-0.4, -0.2) is 108 Å². The van der Waals surface area contributed by atoms with Crippen LogP contribution in [0.3, 0.4) is 0 Å². The molecule has 69 heavy (non-hydrogen) atoms. The van der Waals surface area contributed by atoms with E-state index in [1.165, 1.54) is 20.8 Å². The first-order chi connectivity index (χ1) is 33.1. The largest absolute Gasteiger partial charge is 0.479 e. The second kappa shape index (κ2) is 28.1. The van der Waals surface area contributed by atoms with Gasteiger partial charge in [0.25, 0.3) is 0 Å². The molecule has 21 heteroatoms. The predicted octanol–water partition coefficient (Wildman–Crippen LogP) is 5.16. The van der Waals surface area contributed by atoms with Crippen molar-refractivity contribution in [1.29, 1.82) is 0 Å². The molecule has 3 aliphatic heterocycles. The topological polar surface area (TPSA) is 248 Å². The van der Waals surface area contributed by atoms with Gasteiger partial charge in [-0.05, 0) is 98.5 Å². The number of alkyl carbamates (subject to hydrolysis) is 1. The summed E-state index contributed by atoms with van der Waals surface area (Å²) in [7, 11) is -3.36. The number of nitrogens with one attached hydrogen (secondary N) is 4. The van der Waals surface area contributed by atoms with Crippen LogP contribution in [0.25, 0.3) is 0 Å². The Morgan fingerprint density at radius 1 is 0.623 bits per heavy atom. The molecule has 366 valence electrons. The summed E-state index contributed by atoms with van der Waals surface area (Å²) in [5.41, 5.74) is 3.53. The molecule has 0 spiro atoms. The van der Waals surface area contributed by atoms with E-state index in [4.69, 9.17) is 18.7 Å². The van der Waals surface area contributed by atoms with E-state index >= 15 is 0 Å². The van der Waals surface area contributed by atoms with Gasteiger partial charge >= 0.3 is 33.5 Å². The number of hydrogen-bond donors (Lipinski definition) is 7. The van der Waals surface area contributed by atoms with Crippen molar-refractivity contribution in [3.8, 4) is 0 Å². The molecule has 7 N–H and O–H groups in total. The van der Waals surface area contributed by atoms with E-state index in [2.05, 4.69) is 21.3 Å². The molecule has 1 unspecified atom stereocenters. The molecule has 7 rings (SSSR count). The van der Waals surface area contributed by atoms with Crippen LogP contribution in [0.15, 0.2) is 108 Å². The molecule has 0 radical (unpaired) electrons. The minimum atomic E-state index is -1.15. The molecule has 0 bridgehead atoms. The van der Waals surface area contributed by atoms with E-state index in [1.807, 2.05) is 95.7 Å². The molecular formula is C48H61B3N4O13S. The number of urea groups is 1. The van der Waals surface area contributed by atoms with Crippen LogP contribution in [0.1, 0.15) is 94.7 Å². The second-order valence-electron chi connectivity index (χ2n) is 17.4. The standard InChI is InChI=1S/C19H22BNO4S.C15H20BNO5.C14H19BN2O4/c1-13(22)9-16-11-17(15-5-3-2-4-6-15)19(20(24)25-16)21-18(23)10-14-7-8-26-12-14;1-11(18)9-13-7-8-14(16(20)22-13)17-15(19)21-10-12-5-3-2-4-6-12;1-10(18)9-12-7-8-13(15(20)21-12)17-14(19)16-11-5-3-2-4-6-11/h2-8,12,16-17,19,24H,9-11H2,1H3,(H,21,23);2-6,13-14,20H,7-10H2,1H3,(H,17,19);2-6,12-13,20H,7-9H2,1H3,(H2,16,17,19)/t16-,17?,19+;13-,14-;12-,13-/m100/s1. The minimum absolute atomic E-state index is 0.0193. The van der Waals surface area contributed by atoms with Crippen molar-refractivity contribution in [3.63, 3.8) is 0 Å². The summed E-state index contributed by atoms with van der Waals surface area (Å²) in [5, 5.41) is 45.0. The Bertz CT molecular complexity index is 2240. The van der Waals surface area contributed by atoms with Gasteiger partial charge in [-0.2, -0.15) is 11.3 Å². The Morgan fingerprint density at radius 2 is 1.14 bits per heavy atom. The van der Waals surface area contributed by atoms with Gasteiger partial charge in [-0.1, -0.05) is 78.9 Å². The fraction of sp³-hybridized carbons (Fsp3) is 0.417. The van der Waals surface area contributed by atoms with Crippen LogP contribution in [0.5, 0.6) is 0 Å². The number of hydrogen-bond acceptors (Lipinski definition) is 14. The maximum Gasteiger partial charge on any atom is 0.479 e. The third-order valence-electron chi connectivity index (χ3n) is 11.5. The molecule has 3 saturated heterocycles. The lowest BCUT2D eigenvalue weighted by molar-refractivity contribution is -0.122. The zero-order chi connectivity index (χ0) is 49.7. The van der Waals surface area contributed by atoms with Gasteiger partial charge in [0.05, 0.1) is 30.3 Å². The van der Waals surface area contributed by atoms with Gasteiger partial charge in [0.1, 0.15) is 24.0 Å². The number of ketones is 3. The quantitative estimate of drug-likeness (QED) is 0.0762. The molecule has 17 nitrogen and oxygen atoms in total. The SMILES string of the molecule is CC(=O)C[C@@H]1CC(c2ccccc2)[C@H](NC(=O)Cc2ccsc2)B(O)O1.CC(=O)C[C@@H]1CC[C@H](NC(=O)Nc2ccccc2)B(O)O1.CC(=O)C[C@@H]1CC[C@H](NC(=O)OCc2ccccc2)B(O)O1. The maximum absolute atomic E-state index is 12.4. The summed E-state index contributed by atoms with van der Waals surface area (Å²) >= 11 is 1.55. The number of ether oxygens (including phenoxy) is 1. The van der Waals surface area contributed by atoms with Crippen LogP contribution in [0.4, 0.5) is 15.3 Å². The highest BCUT2D eigenvalue weighted by Gasteiger charge is 2.44. The lowest BCUT2D eigenvalue weighted by Crippen LogP contribution is -2.57. The second-order valence-corrected chi connectivity index (χ2v) is 18.1. The van der Waals surface area contributed by atoms with Gasteiger partial charge in [-0.3, -0.25) is 19.2 Å². The number of benzene rings is 3. The highest BCUT2D eigenvalue weighted by atomic mass is 32.1. The van der Waals surface area contributed by atoms with Crippen molar-refractivity contribution >= 4 is 73.8 Å². The van der Waals surface area contributed by atoms with Gasteiger partial charge in [0.2, 0.25) is 5.91 Å². The summed E-state index contributed by atoms with van der Waals surface area (Å²) in [6.07, 6.45) is 2.53. The number of para-hydroxylation sites is 1. The normalized spacial score (nSPS) is 22.0. The summed E-state index contributed by atoms with van der Waals surface area (Å²) in [6, 6.07) is 29.7. The first-order valence-corrected chi connectivity index (χ1v) is 24.0. The van der Waals surface area contributed by atoms with Gasteiger partial charge in [-0.15, -0.1) is 0 Å². The number of Topliss-reactive ketones (excluding diaryl/α,β-unsaturated/α-hetero) is 3. The van der Waals surface area contributed by atoms with E-state index in [1.54, 1.807) is 23.5 Å². The van der Waals surface area contributed by atoms with E-state index in [0.717, 1.165) is 16.7 Å². The average Bonchev–Trinajstić information content (AvgIpc) is 3.82. The number of anilines is 1. The van der Waals surface area contributed by atoms with E-state index in [0.29, 0.717) is 44.2 Å². The van der Waals surface area contributed by atoms with Gasteiger partial charge in [0, 0.05) is 43.1 Å². The number of carbonyl (C=O) groups excluding carboxylic acids is 6. The van der Waals surface area contributed by atoms with Crippen molar-refractivity contribution in [2.45, 2.75) is 127 Å². The van der Waals surface area contributed by atoms with E-state index in [-0.39, 0.29) is 79.4 Å². The Balaban J connectivity index is 0.000000195. The average molecular weight is 967 g/mol. The van der Waals surface area contributed by atoms with Crippen molar-refractivity contribution in [3.05, 3.63) is 125 Å². The third kappa shape index (κ3) is 19.3. The number of thiophene rings is 1. The number of amides is 4. The molecule has 0 saturated carbocycles. The molecule has 4 heterocycles. The van der Waals surface area contributed by atoms with Crippen molar-refractivity contribution < 1.29 is 62.5 Å². The Hall–Kier alpha value is -5.67. The predicted molar refractivity (Wildman–Crippen MR) is 263 cm³/mol. The van der Waals surface area contributed by atoms with Crippen LogP contribution in [0.2, 0.25) is 0 Å².